The summed E-state index contributed by atoms with van der Waals surface area (Å²) in [4.78, 5) is 106. The molecule has 4 aliphatic heterocycles. The molecule has 8 amide bonds. The number of anilines is 4. The van der Waals surface area contributed by atoms with Crippen LogP contribution in [0, 0.1) is 0 Å². The Hall–Kier alpha value is -7.22. The van der Waals surface area contributed by atoms with Gasteiger partial charge in [0.1, 0.15) is 11.5 Å². The van der Waals surface area contributed by atoms with Gasteiger partial charge in [0, 0.05) is 59.7 Å². The van der Waals surface area contributed by atoms with Gasteiger partial charge in [0.05, 0.1) is 22.7 Å². The van der Waals surface area contributed by atoms with Gasteiger partial charge >= 0.3 is 0 Å². The van der Waals surface area contributed by atoms with E-state index < -0.39 is 58.1 Å². The van der Waals surface area contributed by atoms with Gasteiger partial charge in [-0.25, -0.2) is 19.6 Å². The smallest absolute Gasteiger partial charge is 0.258 e. The lowest BCUT2D eigenvalue weighted by molar-refractivity contribution is -0.121. The van der Waals surface area contributed by atoms with Crippen molar-refractivity contribution in [2.45, 2.75) is 52.4 Å². The molecule has 0 spiro atoms. The first-order valence-corrected chi connectivity index (χ1v) is 17.4. The molecule has 0 aliphatic carbocycles. The third-order valence-electron chi connectivity index (χ3n) is 9.26. The number of amides is 8. The molecule has 0 N–H and O–H groups in total. The quantitative estimate of drug-likeness (QED) is 0.265. The molecular formula is C42H34N4O10. The van der Waals surface area contributed by atoms with Crippen molar-refractivity contribution in [3.8, 4) is 23.0 Å². The van der Waals surface area contributed by atoms with E-state index in [9.17, 15) is 38.4 Å². The van der Waals surface area contributed by atoms with E-state index in [1.807, 2.05) is 41.5 Å². The average Bonchev–Trinajstić information content (AvgIpc) is 3.85. The second-order valence-corrected chi connectivity index (χ2v) is 15.2. The van der Waals surface area contributed by atoms with Gasteiger partial charge in [0.15, 0.2) is 11.5 Å². The number of rotatable bonds is 8. The molecule has 4 heterocycles. The molecule has 0 atom stereocenters. The minimum Gasteiger partial charge on any atom is -0.455 e. The fourth-order valence-corrected chi connectivity index (χ4v) is 6.53. The number of hydrogen-bond donors (Lipinski definition) is 0. The van der Waals surface area contributed by atoms with E-state index in [-0.39, 0.29) is 34.2 Å². The number of imide groups is 4. The molecule has 3 aromatic carbocycles. The Kier molecular flexibility index (Phi) is 8.79. The van der Waals surface area contributed by atoms with Crippen LogP contribution in [-0.4, -0.2) is 47.3 Å². The van der Waals surface area contributed by atoms with Crippen molar-refractivity contribution in [3.05, 3.63) is 108 Å². The van der Waals surface area contributed by atoms with E-state index in [4.69, 9.17) is 9.47 Å². The maximum Gasteiger partial charge on any atom is 0.258 e. The van der Waals surface area contributed by atoms with Crippen molar-refractivity contribution in [3.63, 3.8) is 0 Å². The zero-order valence-corrected chi connectivity index (χ0v) is 31.1. The Morgan fingerprint density at radius 3 is 0.893 bits per heavy atom. The minimum atomic E-state index is -0.647. The van der Waals surface area contributed by atoms with Crippen LogP contribution in [0.15, 0.2) is 97.1 Å². The highest BCUT2D eigenvalue weighted by atomic mass is 16.5. The van der Waals surface area contributed by atoms with Crippen molar-refractivity contribution in [2.75, 3.05) is 19.6 Å². The molecule has 56 heavy (non-hydrogen) atoms. The van der Waals surface area contributed by atoms with E-state index >= 15 is 0 Å². The molecule has 4 aliphatic rings. The third kappa shape index (κ3) is 6.50. The summed E-state index contributed by atoms with van der Waals surface area (Å²) in [6.45, 7) is 11.6. The fraction of sp³-hybridized carbons (Fsp3) is 0.190. The lowest BCUT2D eigenvalue weighted by Crippen LogP contribution is -2.32. The van der Waals surface area contributed by atoms with Gasteiger partial charge in [-0.3, -0.25) is 38.4 Å². The Labute approximate surface area is 320 Å². The Morgan fingerprint density at radius 2 is 0.625 bits per heavy atom. The molecule has 0 bridgehead atoms. The maximum absolute atomic E-state index is 13.0. The zero-order valence-electron chi connectivity index (χ0n) is 31.1. The topological polar surface area (TPSA) is 168 Å². The summed E-state index contributed by atoms with van der Waals surface area (Å²) in [6.07, 6.45) is 8.91. The first-order valence-electron chi connectivity index (χ1n) is 17.4. The molecule has 282 valence electrons. The van der Waals surface area contributed by atoms with Crippen LogP contribution < -0.4 is 29.1 Å². The molecule has 0 saturated carbocycles. The minimum absolute atomic E-state index is 0.00375. The lowest BCUT2D eigenvalue weighted by atomic mass is 9.81. The van der Waals surface area contributed by atoms with E-state index in [2.05, 4.69) is 0 Å². The van der Waals surface area contributed by atoms with E-state index in [1.54, 1.807) is 12.1 Å². The first kappa shape index (κ1) is 37.1. The number of carbonyl (C=O) groups excluding carboxylic acids is 8. The molecule has 0 aromatic heterocycles. The molecule has 0 radical (unpaired) electrons. The SMILES string of the molecule is CC(C)(C)c1cc(Oc2ccc(N3C(=O)C=CC3=O)cc2N2C(=O)C=CC2=O)c(C(C)(C)C)cc1Oc1ccc(N2C(=O)C=CC2=O)cc1N1C(=O)C=CC1=O. The van der Waals surface area contributed by atoms with Gasteiger partial charge < -0.3 is 9.47 Å². The molecular weight excluding hydrogens is 720 g/mol. The fourth-order valence-electron chi connectivity index (χ4n) is 6.53. The van der Waals surface area contributed by atoms with Crippen molar-refractivity contribution in [1.82, 2.24) is 0 Å². The van der Waals surface area contributed by atoms with Gasteiger partial charge in [-0.15, -0.1) is 0 Å². The number of benzene rings is 3. The van der Waals surface area contributed by atoms with Gasteiger partial charge in [-0.05, 0) is 59.4 Å². The zero-order chi connectivity index (χ0) is 40.4. The molecule has 0 saturated heterocycles. The Balaban J connectivity index is 1.35. The largest absolute Gasteiger partial charge is 0.455 e. The molecule has 0 unspecified atom stereocenters. The summed E-state index contributed by atoms with van der Waals surface area (Å²) in [5.74, 6) is -4.14. The third-order valence-corrected chi connectivity index (χ3v) is 9.26. The van der Waals surface area contributed by atoms with Crippen molar-refractivity contribution >= 4 is 70.0 Å². The monoisotopic (exact) mass is 754 g/mol. The van der Waals surface area contributed by atoms with E-state index in [1.165, 1.54) is 36.4 Å². The summed E-state index contributed by atoms with van der Waals surface area (Å²) < 4.78 is 13.2. The Morgan fingerprint density at radius 1 is 0.357 bits per heavy atom. The predicted octanol–water partition coefficient (Wildman–Crippen LogP) is 5.58. The molecule has 3 aromatic rings. The predicted molar refractivity (Wildman–Crippen MR) is 203 cm³/mol. The lowest BCUT2D eigenvalue weighted by Gasteiger charge is -2.30. The van der Waals surface area contributed by atoms with Crippen LogP contribution in [0.3, 0.4) is 0 Å². The summed E-state index contributed by atoms with van der Waals surface area (Å²) in [7, 11) is 0. The highest BCUT2D eigenvalue weighted by Crippen LogP contribution is 2.48. The average molecular weight is 755 g/mol. The van der Waals surface area contributed by atoms with Crippen molar-refractivity contribution in [1.29, 1.82) is 0 Å². The van der Waals surface area contributed by atoms with Crippen LogP contribution >= 0.6 is 0 Å². The molecule has 7 rings (SSSR count). The van der Waals surface area contributed by atoms with Gasteiger partial charge in [-0.1, -0.05) is 41.5 Å². The van der Waals surface area contributed by atoms with Crippen LogP contribution in [0.2, 0.25) is 0 Å². The molecule has 0 fully saturated rings. The highest BCUT2D eigenvalue weighted by molar-refractivity contribution is 6.32. The van der Waals surface area contributed by atoms with Gasteiger partial charge in [0.2, 0.25) is 0 Å². The summed E-state index contributed by atoms with van der Waals surface area (Å²) in [5.41, 5.74) is 0.182. The first-order chi connectivity index (χ1) is 26.3. The molecule has 14 nitrogen and oxygen atoms in total. The number of carbonyl (C=O) groups is 8. The van der Waals surface area contributed by atoms with Gasteiger partial charge in [0.25, 0.3) is 47.3 Å². The number of ether oxygens (including phenoxy) is 2. The summed E-state index contributed by atoms with van der Waals surface area (Å²) >= 11 is 0. The summed E-state index contributed by atoms with van der Waals surface area (Å²) in [6, 6.07) is 12.1. The summed E-state index contributed by atoms with van der Waals surface area (Å²) in [5, 5.41) is 0. The Bertz CT molecular complexity index is 2230. The second-order valence-electron chi connectivity index (χ2n) is 15.2. The normalized spacial score (nSPS) is 17.0. The van der Waals surface area contributed by atoms with E-state index in [0.29, 0.717) is 22.6 Å². The molecule has 14 heteroatoms. The van der Waals surface area contributed by atoms with Crippen LogP contribution in [0.5, 0.6) is 23.0 Å². The standard InChI is InChI=1S/C42H34N4O10/c1-41(2,3)25-21-32(56-30-10-8-24(44-35(49)13-14-36(44)50)20-28(30)46-39(53)17-18-40(46)54)26(42(4,5)6)22-31(25)55-29-9-7-23(43-33(47)11-12-34(43)48)19-27(29)45-37(51)15-16-38(45)52/h7-22H,1-6H3. The van der Waals surface area contributed by atoms with Crippen LogP contribution in [0.4, 0.5) is 22.7 Å². The second kappa shape index (κ2) is 13.3. The van der Waals surface area contributed by atoms with Crippen LogP contribution in [0.1, 0.15) is 52.7 Å². The number of hydrogen-bond acceptors (Lipinski definition) is 10. The van der Waals surface area contributed by atoms with E-state index in [0.717, 1.165) is 68.2 Å². The van der Waals surface area contributed by atoms with Crippen molar-refractivity contribution in [2.24, 2.45) is 0 Å². The maximum atomic E-state index is 13.0. The van der Waals surface area contributed by atoms with Crippen LogP contribution in [0.25, 0.3) is 0 Å². The number of nitrogens with zero attached hydrogens (tertiary/aromatic N) is 4. The van der Waals surface area contributed by atoms with Crippen molar-refractivity contribution < 1.29 is 47.8 Å². The highest BCUT2D eigenvalue weighted by Gasteiger charge is 2.35. The van der Waals surface area contributed by atoms with Crippen LogP contribution in [-0.2, 0) is 49.2 Å². The van der Waals surface area contributed by atoms with Gasteiger partial charge in [-0.2, -0.15) is 0 Å².